The molecule has 1 aliphatic heterocycles. The second-order valence-electron chi connectivity index (χ2n) is 5.34. The molecule has 1 aromatic rings. The summed E-state index contributed by atoms with van der Waals surface area (Å²) < 4.78 is 0. The molecule has 1 atom stereocenters. The summed E-state index contributed by atoms with van der Waals surface area (Å²) in [5.41, 5.74) is 1.11. The Balaban J connectivity index is 1.95. The molecule has 0 bridgehead atoms. The second kappa shape index (κ2) is 7.79. The Hall–Kier alpha value is -0.870. The molecule has 1 amide bonds. The summed E-state index contributed by atoms with van der Waals surface area (Å²) in [5.74, 6) is 0.218. The van der Waals surface area contributed by atoms with Crippen LogP contribution in [0.2, 0.25) is 0 Å². The first-order valence-electron chi connectivity index (χ1n) is 7.34. The van der Waals surface area contributed by atoms with Gasteiger partial charge in [0.15, 0.2) is 0 Å². The number of halogens is 1. The zero-order valence-electron chi connectivity index (χ0n) is 12.1. The molecule has 0 saturated carbocycles. The van der Waals surface area contributed by atoms with Crippen molar-refractivity contribution in [2.24, 2.45) is 0 Å². The van der Waals surface area contributed by atoms with Crippen molar-refractivity contribution in [3.05, 3.63) is 35.9 Å². The van der Waals surface area contributed by atoms with Crippen molar-refractivity contribution >= 4 is 21.8 Å². The average molecular weight is 339 g/mol. The van der Waals surface area contributed by atoms with Crippen LogP contribution >= 0.6 is 15.9 Å². The predicted octanol–water partition coefficient (Wildman–Crippen LogP) is 2.72. The molecular formula is C16H23BrN2O. The van der Waals surface area contributed by atoms with Crippen LogP contribution in [0, 0.1) is 0 Å². The van der Waals surface area contributed by atoms with Gasteiger partial charge < -0.3 is 9.80 Å². The van der Waals surface area contributed by atoms with E-state index in [9.17, 15) is 4.79 Å². The van der Waals surface area contributed by atoms with Crippen molar-refractivity contribution in [1.82, 2.24) is 9.80 Å². The molecule has 0 N–H and O–H groups in total. The molecule has 1 unspecified atom stereocenters. The maximum absolute atomic E-state index is 12.6. The lowest BCUT2D eigenvalue weighted by molar-refractivity contribution is -0.132. The molecule has 4 heteroatoms. The van der Waals surface area contributed by atoms with E-state index in [4.69, 9.17) is 0 Å². The maximum Gasteiger partial charge on any atom is 0.229 e. The number of amides is 1. The van der Waals surface area contributed by atoms with E-state index in [1.54, 1.807) is 0 Å². The summed E-state index contributed by atoms with van der Waals surface area (Å²) in [6, 6.07) is 10.1. The van der Waals surface area contributed by atoms with Gasteiger partial charge >= 0.3 is 0 Å². The third-order valence-electron chi connectivity index (χ3n) is 3.97. The molecule has 1 fully saturated rings. The van der Waals surface area contributed by atoms with Crippen LogP contribution in [0.3, 0.4) is 0 Å². The highest BCUT2D eigenvalue weighted by atomic mass is 79.9. The first-order chi connectivity index (χ1) is 9.72. The number of carbonyl (C=O) groups excluding carboxylic acids is 1. The number of hydrogen-bond acceptors (Lipinski definition) is 2. The zero-order chi connectivity index (χ0) is 14.4. The Bertz CT molecular complexity index is 424. The van der Waals surface area contributed by atoms with Gasteiger partial charge in [-0.1, -0.05) is 46.3 Å². The number of hydrogen-bond donors (Lipinski definition) is 0. The molecule has 1 saturated heterocycles. The van der Waals surface area contributed by atoms with E-state index in [-0.39, 0.29) is 11.8 Å². The highest BCUT2D eigenvalue weighted by molar-refractivity contribution is 9.09. The van der Waals surface area contributed by atoms with Gasteiger partial charge in [-0.3, -0.25) is 4.79 Å². The lowest BCUT2D eigenvalue weighted by Crippen LogP contribution is -2.37. The van der Waals surface area contributed by atoms with Crippen molar-refractivity contribution < 1.29 is 4.79 Å². The molecule has 1 heterocycles. The third kappa shape index (κ3) is 4.06. The summed E-state index contributed by atoms with van der Waals surface area (Å²) in [6.07, 6.45) is 1.07. The average Bonchev–Trinajstić information content (AvgIpc) is 2.73. The van der Waals surface area contributed by atoms with Crippen LogP contribution in [0.5, 0.6) is 0 Å². The van der Waals surface area contributed by atoms with Crippen LogP contribution < -0.4 is 0 Å². The third-order valence-corrected chi connectivity index (χ3v) is 4.33. The zero-order valence-corrected chi connectivity index (χ0v) is 13.7. The molecule has 110 valence electrons. The Morgan fingerprint density at radius 1 is 1.20 bits per heavy atom. The fraction of sp³-hybridized carbons (Fsp3) is 0.562. The summed E-state index contributed by atoms with van der Waals surface area (Å²) in [4.78, 5) is 17.1. The summed E-state index contributed by atoms with van der Waals surface area (Å²) >= 11 is 3.49. The smallest absolute Gasteiger partial charge is 0.229 e. The molecule has 1 aliphatic rings. The van der Waals surface area contributed by atoms with Gasteiger partial charge in [0.1, 0.15) is 0 Å². The first-order valence-corrected chi connectivity index (χ1v) is 8.46. The van der Waals surface area contributed by atoms with Crippen molar-refractivity contribution in [2.75, 3.05) is 38.1 Å². The maximum atomic E-state index is 12.6. The topological polar surface area (TPSA) is 23.6 Å². The van der Waals surface area contributed by atoms with Gasteiger partial charge in [-0.25, -0.2) is 0 Å². The molecule has 0 aliphatic carbocycles. The minimum Gasteiger partial charge on any atom is -0.341 e. The fourth-order valence-corrected chi connectivity index (χ4v) is 3.19. The molecule has 0 spiro atoms. The van der Waals surface area contributed by atoms with Gasteiger partial charge in [-0.05, 0) is 25.5 Å². The molecular weight excluding hydrogens is 316 g/mol. The van der Waals surface area contributed by atoms with E-state index in [0.29, 0.717) is 0 Å². The molecule has 2 rings (SSSR count). The van der Waals surface area contributed by atoms with Gasteiger partial charge in [-0.2, -0.15) is 0 Å². The van der Waals surface area contributed by atoms with E-state index in [0.717, 1.165) is 50.0 Å². The van der Waals surface area contributed by atoms with E-state index >= 15 is 0 Å². The van der Waals surface area contributed by atoms with E-state index in [2.05, 4.69) is 20.8 Å². The molecule has 0 aromatic heterocycles. The Morgan fingerprint density at radius 2 is 1.95 bits per heavy atom. The van der Waals surface area contributed by atoms with Gasteiger partial charge in [0.25, 0.3) is 0 Å². The normalized spacial score (nSPS) is 18.6. The van der Waals surface area contributed by atoms with Crippen LogP contribution in [0.15, 0.2) is 30.3 Å². The van der Waals surface area contributed by atoms with Crippen LogP contribution in [0.1, 0.15) is 24.8 Å². The highest BCUT2D eigenvalue weighted by Crippen LogP contribution is 2.18. The number of carbonyl (C=O) groups is 1. The van der Waals surface area contributed by atoms with Gasteiger partial charge in [-0.15, -0.1) is 0 Å². The second-order valence-corrected chi connectivity index (χ2v) is 6.13. The van der Waals surface area contributed by atoms with Crippen molar-refractivity contribution in [3.63, 3.8) is 0 Å². The van der Waals surface area contributed by atoms with Gasteiger partial charge in [0, 0.05) is 31.5 Å². The fourth-order valence-electron chi connectivity index (χ4n) is 2.69. The van der Waals surface area contributed by atoms with Crippen molar-refractivity contribution in [3.8, 4) is 0 Å². The molecule has 1 aromatic carbocycles. The number of benzene rings is 1. The van der Waals surface area contributed by atoms with Crippen LogP contribution in [-0.4, -0.2) is 53.8 Å². The SMILES string of the molecule is CC(C(=O)N1CCCN(CCBr)CC1)c1ccccc1. The predicted molar refractivity (Wildman–Crippen MR) is 86.3 cm³/mol. The highest BCUT2D eigenvalue weighted by Gasteiger charge is 2.23. The Morgan fingerprint density at radius 3 is 2.65 bits per heavy atom. The van der Waals surface area contributed by atoms with E-state index in [1.807, 2.05) is 42.2 Å². The molecule has 0 radical (unpaired) electrons. The monoisotopic (exact) mass is 338 g/mol. The standard InChI is InChI=1S/C16H23BrN2O/c1-14(15-6-3-2-4-7-15)16(20)19-10-5-9-18(11-8-17)12-13-19/h2-4,6-7,14H,5,8-13H2,1H3. The van der Waals surface area contributed by atoms with E-state index in [1.165, 1.54) is 0 Å². The van der Waals surface area contributed by atoms with Crippen LogP contribution in [-0.2, 0) is 4.79 Å². The number of rotatable bonds is 4. The summed E-state index contributed by atoms with van der Waals surface area (Å²) in [6.45, 7) is 6.89. The van der Waals surface area contributed by atoms with Crippen LogP contribution in [0.4, 0.5) is 0 Å². The Labute approximate surface area is 130 Å². The lowest BCUT2D eigenvalue weighted by atomic mass is 10.00. The molecule has 20 heavy (non-hydrogen) atoms. The molecule has 3 nitrogen and oxygen atoms in total. The Kier molecular flexibility index (Phi) is 6.05. The van der Waals surface area contributed by atoms with Gasteiger partial charge in [0.05, 0.1) is 5.92 Å². The van der Waals surface area contributed by atoms with E-state index < -0.39 is 0 Å². The quantitative estimate of drug-likeness (QED) is 0.788. The largest absolute Gasteiger partial charge is 0.341 e. The summed E-state index contributed by atoms with van der Waals surface area (Å²) in [5, 5.41) is 1.00. The van der Waals surface area contributed by atoms with Crippen molar-refractivity contribution in [2.45, 2.75) is 19.3 Å². The minimum absolute atomic E-state index is 0.0427. The lowest BCUT2D eigenvalue weighted by Gasteiger charge is -2.24. The first kappa shape index (κ1) is 15.5. The minimum atomic E-state index is -0.0427. The van der Waals surface area contributed by atoms with Crippen LogP contribution in [0.25, 0.3) is 0 Å². The van der Waals surface area contributed by atoms with Gasteiger partial charge in [0.2, 0.25) is 5.91 Å². The number of nitrogens with zero attached hydrogens (tertiary/aromatic N) is 2. The summed E-state index contributed by atoms with van der Waals surface area (Å²) in [7, 11) is 0. The number of alkyl halides is 1. The van der Waals surface area contributed by atoms with Crippen molar-refractivity contribution in [1.29, 1.82) is 0 Å².